The highest BCUT2D eigenvalue weighted by Gasteiger charge is 2.22. The lowest BCUT2D eigenvalue weighted by molar-refractivity contribution is 0.427. The van der Waals surface area contributed by atoms with Crippen LogP contribution in [0.25, 0.3) is 0 Å². The number of halogens is 2. The first-order valence-electron chi connectivity index (χ1n) is 5.57. The maximum atomic E-state index is 12.2. The summed E-state index contributed by atoms with van der Waals surface area (Å²) in [5.41, 5.74) is 0. The second-order valence-electron chi connectivity index (χ2n) is 4.08. The summed E-state index contributed by atoms with van der Waals surface area (Å²) in [4.78, 5) is 0.374. The van der Waals surface area contributed by atoms with Crippen molar-refractivity contribution in [3.8, 4) is 0 Å². The molecule has 0 aliphatic carbocycles. The third-order valence-corrected chi connectivity index (χ3v) is 5.67. The van der Waals surface area contributed by atoms with Crippen LogP contribution in [0.1, 0.15) is 12.8 Å². The standard InChI is InChI=1S/C11H15IN2O2S.ClH/c12-10-3-1-2-4-11(10)17(15,16)14-9-5-7-13-8-6-9;/h1-4,9,13-14H,5-8H2;1H. The fourth-order valence-corrected chi connectivity index (χ4v) is 4.53. The van der Waals surface area contributed by atoms with Crippen LogP contribution in [-0.2, 0) is 10.0 Å². The summed E-state index contributed by atoms with van der Waals surface area (Å²) in [6.45, 7) is 1.75. The van der Waals surface area contributed by atoms with Gasteiger partial charge in [0.1, 0.15) is 0 Å². The summed E-state index contributed by atoms with van der Waals surface area (Å²) >= 11 is 2.05. The lowest BCUT2D eigenvalue weighted by Crippen LogP contribution is -2.42. The Bertz CT molecular complexity index is 490. The van der Waals surface area contributed by atoms with Gasteiger partial charge in [0.15, 0.2) is 0 Å². The molecule has 0 bridgehead atoms. The van der Waals surface area contributed by atoms with E-state index in [9.17, 15) is 8.42 Å². The first-order chi connectivity index (χ1) is 8.09. The predicted octanol–water partition coefficient (Wildman–Crippen LogP) is 1.74. The summed E-state index contributed by atoms with van der Waals surface area (Å²) in [5.74, 6) is 0. The van der Waals surface area contributed by atoms with Crippen molar-refractivity contribution < 1.29 is 8.42 Å². The topological polar surface area (TPSA) is 58.2 Å². The van der Waals surface area contributed by atoms with Gasteiger partial charge in [0.05, 0.1) is 4.90 Å². The van der Waals surface area contributed by atoms with Gasteiger partial charge in [-0.3, -0.25) is 0 Å². The number of piperidine rings is 1. The van der Waals surface area contributed by atoms with Crippen molar-refractivity contribution in [2.24, 2.45) is 0 Å². The number of sulfonamides is 1. The summed E-state index contributed by atoms with van der Waals surface area (Å²) in [5, 5.41) is 3.22. The maximum Gasteiger partial charge on any atom is 0.241 e. The van der Waals surface area contributed by atoms with Crippen LogP contribution in [0, 0.1) is 3.57 Å². The zero-order chi connectivity index (χ0) is 12.3. The molecule has 0 spiro atoms. The highest BCUT2D eigenvalue weighted by atomic mass is 127. The Kier molecular flexibility index (Phi) is 6.32. The molecule has 1 saturated heterocycles. The molecule has 0 aromatic heterocycles. The molecule has 1 fully saturated rings. The van der Waals surface area contributed by atoms with E-state index in [4.69, 9.17) is 0 Å². The molecule has 1 heterocycles. The summed E-state index contributed by atoms with van der Waals surface area (Å²) in [6, 6.07) is 7.09. The van der Waals surface area contributed by atoms with Crippen molar-refractivity contribution in [3.05, 3.63) is 27.8 Å². The fourth-order valence-electron chi connectivity index (χ4n) is 1.89. The number of hydrogen-bond acceptors (Lipinski definition) is 3. The maximum absolute atomic E-state index is 12.2. The molecule has 4 nitrogen and oxygen atoms in total. The van der Waals surface area contributed by atoms with Crippen molar-refractivity contribution in [1.29, 1.82) is 0 Å². The van der Waals surface area contributed by atoms with E-state index in [0.717, 1.165) is 29.5 Å². The Balaban J connectivity index is 0.00000162. The Hall–Kier alpha value is 0.110. The minimum Gasteiger partial charge on any atom is -0.317 e. The number of nitrogens with one attached hydrogen (secondary N) is 2. The van der Waals surface area contributed by atoms with Crippen LogP contribution < -0.4 is 10.0 Å². The van der Waals surface area contributed by atoms with Gasteiger partial charge in [0.2, 0.25) is 10.0 Å². The smallest absolute Gasteiger partial charge is 0.241 e. The lowest BCUT2D eigenvalue weighted by atomic mass is 10.1. The van der Waals surface area contributed by atoms with Gasteiger partial charge in [0.25, 0.3) is 0 Å². The largest absolute Gasteiger partial charge is 0.317 e. The van der Waals surface area contributed by atoms with Crippen LogP contribution in [0.15, 0.2) is 29.2 Å². The second-order valence-corrected chi connectivity index (χ2v) is 6.92. The first-order valence-corrected chi connectivity index (χ1v) is 8.13. The Labute approximate surface area is 128 Å². The van der Waals surface area contributed by atoms with Crippen molar-refractivity contribution in [2.75, 3.05) is 13.1 Å². The molecule has 0 saturated carbocycles. The van der Waals surface area contributed by atoms with Crippen molar-refractivity contribution in [2.45, 2.75) is 23.8 Å². The SMILES string of the molecule is Cl.O=S(=O)(NC1CCNCC1)c1ccccc1I. The number of benzene rings is 1. The van der Waals surface area contributed by atoms with Gasteiger partial charge in [-0.25, -0.2) is 13.1 Å². The Morgan fingerprint density at radius 2 is 1.83 bits per heavy atom. The van der Waals surface area contributed by atoms with E-state index in [1.165, 1.54) is 0 Å². The van der Waals surface area contributed by atoms with Crippen LogP contribution >= 0.6 is 35.0 Å². The van der Waals surface area contributed by atoms with E-state index in [-0.39, 0.29) is 18.4 Å². The molecule has 0 radical (unpaired) electrons. The van der Waals surface area contributed by atoms with E-state index in [0.29, 0.717) is 4.90 Å². The minimum absolute atomic E-state index is 0. The third kappa shape index (κ3) is 4.06. The molecule has 0 atom stereocenters. The van der Waals surface area contributed by atoms with Crippen LogP contribution in [0.2, 0.25) is 0 Å². The molecular formula is C11H16ClIN2O2S. The number of rotatable bonds is 3. The average Bonchev–Trinajstić information content (AvgIpc) is 2.30. The molecule has 7 heteroatoms. The van der Waals surface area contributed by atoms with Gasteiger partial charge in [-0.1, -0.05) is 12.1 Å². The normalized spacial score (nSPS) is 17.2. The zero-order valence-electron chi connectivity index (χ0n) is 9.73. The van der Waals surface area contributed by atoms with E-state index in [1.807, 2.05) is 28.7 Å². The quantitative estimate of drug-likeness (QED) is 0.757. The monoisotopic (exact) mass is 402 g/mol. The first kappa shape index (κ1) is 16.2. The molecule has 1 aromatic rings. The minimum atomic E-state index is -3.38. The molecule has 0 amide bonds. The molecular weight excluding hydrogens is 387 g/mol. The Morgan fingerprint density at radius 3 is 2.44 bits per heavy atom. The van der Waals surface area contributed by atoms with Crippen LogP contribution in [0.5, 0.6) is 0 Å². The van der Waals surface area contributed by atoms with Gasteiger partial charge in [-0.05, 0) is 60.7 Å². The highest BCUT2D eigenvalue weighted by molar-refractivity contribution is 14.1. The molecule has 0 unspecified atom stereocenters. The van der Waals surface area contributed by atoms with Gasteiger partial charge < -0.3 is 5.32 Å². The van der Waals surface area contributed by atoms with Crippen LogP contribution in [-0.4, -0.2) is 27.5 Å². The van der Waals surface area contributed by atoms with Gasteiger partial charge in [0, 0.05) is 9.61 Å². The van der Waals surface area contributed by atoms with Crippen molar-refractivity contribution >= 4 is 45.0 Å². The second kappa shape index (κ2) is 7.04. The molecule has 1 aromatic carbocycles. The molecule has 2 N–H and O–H groups in total. The van der Waals surface area contributed by atoms with E-state index < -0.39 is 10.0 Å². The molecule has 102 valence electrons. The Morgan fingerprint density at radius 1 is 1.22 bits per heavy atom. The third-order valence-electron chi connectivity index (χ3n) is 2.79. The highest BCUT2D eigenvalue weighted by Crippen LogP contribution is 2.18. The van der Waals surface area contributed by atoms with Gasteiger partial charge >= 0.3 is 0 Å². The summed E-state index contributed by atoms with van der Waals surface area (Å²) in [6.07, 6.45) is 1.70. The van der Waals surface area contributed by atoms with E-state index >= 15 is 0 Å². The van der Waals surface area contributed by atoms with Gasteiger partial charge in [-0.2, -0.15) is 0 Å². The fraction of sp³-hybridized carbons (Fsp3) is 0.455. The average molecular weight is 403 g/mol. The number of hydrogen-bond donors (Lipinski definition) is 2. The molecule has 1 aliphatic rings. The predicted molar refractivity (Wildman–Crippen MR) is 82.6 cm³/mol. The molecule has 18 heavy (non-hydrogen) atoms. The molecule has 1 aliphatic heterocycles. The van der Waals surface area contributed by atoms with Crippen molar-refractivity contribution in [1.82, 2.24) is 10.0 Å². The lowest BCUT2D eigenvalue weighted by Gasteiger charge is -2.23. The molecule has 2 rings (SSSR count). The summed E-state index contributed by atoms with van der Waals surface area (Å²) < 4.78 is 27.9. The van der Waals surface area contributed by atoms with Crippen molar-refractivity contribution in [3.63, 3.8) is 0 Å². The summed E-state index contributed by atoms with van der Waals surface area (Å²) in [7, 11) is -3.38. The van der Waals surface area contributed by atoms with Gasteiger partial charge in [-0.15, -0.1) is 12.4 Å². The van der Waals surface area contributed by atoms with E-state index in [2.05, 4.69) is 10.0 Å². The zero-order valence-corrected chi connectivity index (χ0v) is 13.5. The van der Waals surface area contributed by atoms with Crippen LogP contribution in [0.4, 0.5) is 0 Å². The van der Waals surface area contributed by atoms with E-state index in [1.54, 1.807) is 18.2 Å². The van der Waals surface area contributed by atoms with Crippen LogP contribution in [0.3, 0.4) is 0 Å².